The summed E-state index contributed by atoms with van der Waals surface area (Å²) < 4.78 is 44.2. The minimum absolute atomic E-state index is 0.0371. The summed E-state index contributed by atoms with van der Waals surface area (Å²) in [5.74, 6) is 0.530. The maximum Gasteiger partial charge on any atom is 0.419 e. The van der Waals surface area contributed by atoms with Gasteiger partial charge in [-0.05, 0) is 19.1 Å². The number of nitrogens with one attached hydrogen (secondary N) is 1. The highest BCUT2D eigenvalue weighted by Crippen LogP contribution is 2.35. The van der Waals surface area contributed by atoms with E-state index in [1.807, 2.05) is 11.8 Å². The molecule has 1 fully saturated rings. The molecule has 1 heterocycles. The minimum Gasteiger partial charge on any atom is -0.491 e. The van der Waals surface area contributed by atoms with Crippen molar-refractivity contribution < 1.29 is 22.7 Å². The zero-order chi connectivity index (χ0) is 19.9. The van der Waals surface area contributed by atoms with Gasteiger partial charge in [-0.25, -0.2) is 4.99 Å². The number of carbonyl (C=O) groups excluding carboxylic acids is 1. The summed E-state index contributed by atoms with van der Waals surface area (Å²) in [4.78, 5) is 19.7. The number of hydrogen-bond acceptors (Lipinski definition) is 3. The first-order valence-electron chi connectivity index (χ1n) is 8.90. The molecule has 0 radical (unpaired) electrons. The third-order valence-electron chi connectivity index (χ3n) is 4.16. The molecule has 1 aliphatic rings. The van der Waals surface area contributed by atoms with Crippen LogP contribution in [0, 0.1) is 0 Å². The van der Waals surface area contributed by atoms with Gasteiger partial charge in [0.05, 0.1) is 12.1 Å². The van der Waals surface area contributed by atoms with Gasteiger partial charge in [-0.1, -0.05) is 12.1 Å². The molecular formula is C18H25F3N4O2. The number of guanidine groups is 1. The summed E-state index contributed by atoms with van der Waals surface area (Å²) in [6.45, 7) is 6.97. The Kier molecular flexibility index (Phi) is 7.32. The van der Waals surface area contributed by atoms with Gasteiger partial charge < -0.3 is 19.9 Å². The first kappa shape index (κ1) is 20.9. The van der Waals surface area contributed by atoms with Crippen molar-refractivity contribution in [1.29, 1.82) is 0 Å². The van der Waals surface area contributed by atoms with Crippen molar-refractivity contribution in [2.45, 2.75) is 20.0 Å². The fourth-order valence-electron chi connectivity index (χ4n) is 2.79. The highest BCUT2D eigenvalue weighted by Gasteiger charge is 2.33. The Labute approximate surface area is 157 Å². The van der Waals surface area contributed by atoms with Crippen LogP contribution >= 0.6 is 0 Å². The van der Waals surface area contributed by atoms with E-state index in [0.717, 1.165) is 6.07 Å². The van der Waals surface area contributed by atoms with Crippen LogP contribution in [-0.4, -0.2) is 67.5 Å². The van der Waals surface area contributed by atoms with E-state index >= 15 is 0 Å². The Bertz CT molecular complexity index is 656. The highest BCUT2D eigenvalue weighted by molar-refractivity contribution is 5.80. The van der Waals surface area contributed by atoms with Crippen molar-refractivity contribution in [1.82, 2.24) is 15.1 Å². The topological polar surface area (TPSA) is 57.2 Å². The highest BCUT2D eigenvalue weighted by atomic mass is 19.4. The monoisotopic (exact) mass is 386 g/mol. The van der Waals surface area contributed by atoms with Crippen LogP contribution in [0.5, 0.6) is 5.75 Å². The number of hydrogen-bond donors (Lipinski definition) is 1. The lowest BCUT2D eigenvalue weighted by Crippen LogP contribution is -2.53. The number of para-hydroxylation sites is 1. The Hall–Kier alpha value is -2.45. The Morgan fingerprint density at radius 3 is 2.41 bits per heavy atom. The van der Waals surface area contributed by atoms with E-state index < -0.39 is 11.7 Å². The molecule has 1 amide bonds. The number of piperazine rings is 1. The molecule has 2 rings (SSSR count). The van der Waals surface area contributed by atoms with Crippen LogP contribution in [0.25, 0.3) is 0 Å². The smallest absolute Gasteiger partial charge is 0.419 e. The Morgan fingerprint density at radius 2 is 1.81 bits per heavy atom. The van der Waals surface area contributed by atoms with E-state index in [4.69, 9.17) is 4.74 Å². The minimum atomic E-state index is -4.45. The summed E-state index contributed by atoms with van der Waals surface area (Å²) in [5.41, 5.74) is -0.791. The van der Waals surface area contributed by atoms with Gasteiger partial charge in [-0.3, -0.25) is 4.79 Å². The van der Waals surface area contributed by atoms with Crippen molar-refractivity contribution in [2.75, 3.05) is 45.9 Å². The second kappa shape index (κ2) is 9.48. The van der Waals surface area contributed by atoms with Crippen molar-refractivity contribution in [2.24, 2.45) is 4.99 Å². The SMILES string of the molecule is CCNC(=NCCOc1ccccc1C(F)(F)F)N1CCN(C(C)=O)CC1. The Balaban J connectivity index is 1.92. The summed E-state index contributed by atoms with van der Waals surface area (Å²) >= 11 is 0. The van der Waals surface area contributed by atoms with Gasteiger partial charge in [0.1, 0.15) is 12.4 Å². The lowest BCUT2D eigenvalue weighted by Gasteiger charge is -2.36. The van der Waals surface area contributed by atoms with Crippen LogP contribution in [0.1, 0.15) is 19.4 Å². The lowest BCUT2D eigenvalue weighted by atomic mass is 10.2. The molecule has 0 atom stereocenters. The average molecular weight is 386 g/mol. The normalized spacial score (nSPS) is 15.7. The summed E-state index contributed by atoms with van der Waals surface area (Å²) in [7, 11) is 0. The van der Waals surface area contributed by atoms with E-state index in [-0.39, 0.29) is 24.8 Å². The molecule has 6 nitrogen and oxygen atoms in total. The van der Waals surface area contributed by atoms with Gasteiger partial charge in [-0.15, -0.1) is 0 Å². The molecule has 0 aromatic heterocycles. The maximum absolute atomic E-state index is 13.0. The number of halogens is 3. The van der Waals surface area contributed by atoms with Crippen molar-refractivity contribution in [3.8, 4) is 5.75 Å². The first-order valence-corrected chi connectivity index (χ1v) is 8.90. The molecule has 1 saturated heterocycles. The van der Waals surface area contributed by atoms with Crippen LogP contribution in [0.15, 0.2) is 29.3 Å². The third kappa shape index (κ3) is 6.04. The molecule has 1 N–H and O–H groups in total. The van der Waals surface area contributed by atoms with Crippen molar-refractivity contribution in [3.63, 3.8) is 0 Å². The first-order chi connectivity index (χ1) is 12.8. The molecule has 0 bridgehead atoms. The van der Waals surface area contributed by atoms with Crippen molar-refractivity contribution in [3.05, 3.63) is 29.8 Å². The molecular weight excluding hydrogens is 361 g/mol. The number of nitrogens with zero attached hydrogens (tertiary/aromatic N) is 3. The summed E-state index contributed by atoms with van der Waals surface area (Å²) in [5, 5.41) is 3.17. The molecule has 1 aliphatic heterocycles. The number of aliphatic imine (C=N–C) groups is 1. The number of alkyl halides is 3. The van der Waals surface area contributed by atoms with Gasteiger partial charge in [0.2, 0.25) is 5.91 Å². The molecule has 27 heavy (non-hydrogen) atoms. The van der Waals surface area contributed by atoms with Crippen LogP contribution in [-0.2, 0) is 11.0 Å². The van der Waals surface area contributed by atoms with E-state index in [1.165, 1.54) is 18.2 Å². The zero-order valence-electron chi connectivity index (χ0n) is 15.6. The molecule has 1 aromatic carbocycles. The van der Waals surface area contributed by atoms with Gasteiger partial charge >= 0.3 is 6.18 Å². The summed E-state index contributed by atoms with van der Waals surface area (Å²) in [6.07, 6.45) is -4.45. The molecule has 0 spiro atoms. The van der Waals surface area contributed by atoms with Crippen molar-refractivity contribution >= 4 is 11.9 Å². The Morgan fingerprint density at radius 1 is 1.19 bits per heavy atom. The van der Waals surface area contributed by atoms with Gasteiger partial charge in [0.25, 0.3) is 0 Å². The quantitative estimate of drug-likeness (QED) is 0.479. The van der Waals surface area contributed by atoms with E-state index in [0.29, 0.717) is 38.7 Å². The predicted molar refractivity (Wildman–Crippen MR) is 96.7 cm³/mol. The van der Waals surface area contributed by atoms with Crippen LogP contribution in [0.3, 0.4) is 0 Å². The maximum atomic E-state index is 13.0. The van der Waals surface area contributed by atoms with E-state index in [2.05, 4.69) is 10.3 Å². The second-order valence-electron chi connectivity index (χ2n) is 6.07. The number of amides is 1. The predicted octanol–water partition coefficient (Wildman–Crippen LogP) is 2.21. The molecule has 0 aliphatic carbocycles. The van der Waals surface area contributed by atoms with Gasteiger partial charge in [0, 0.05) is 39.6 Å². The number of ether oxygens (including phenoxy) is 1. The van der Waals surface area contributed by atoms with Crippen LogP contribution in [0.2, 0.25) is 0 Å². The molecule has 9 heteroatoms. The largest absolute Gasteiger partial charge is 0.491 e. The molecule has 150 valence electrons. The third-order valence-corrected chi connectivity index (χ3v) is 4.16. The average Bonchev–Trinajstić information content (AvgIpc) is 2.64. The fraction of sp³-hybridized carbons (Fsp3) is 0.556. The second-order valence-corrected chi connectivity index (χ2v) is 6.07. The molecule has 1 aromatic rings. The fourth-order valence-corrected chi connectivity index (χ4v) is 2.79. The lowest BCUT2D eigenvalue weighted by molar-refractivity contribution is -0.139. The molecule has 0 unspecified atom stereocenters. The van der Waals surface area contributed by atoms with Crippen LogP contribution in [0.4, 0.5) is 13.2 Å². The number of benzene rings is 1. The van der Waals surface area contributed by atoms with E-state index in [9.17, 15) is 18.0 Å². The van der Waals surface area contributed by atoms with Crippen LogP contribution < -0.4 is 10.1 Å². The number of carbonyl (C=O) groups is 1. The molecule has 0 saturated carbocycles. The standard InChI is InChI=1S/C18H25F3N4O2/c1-3-22-17(25-11-9-24(10-12-25)14(2)26)23-8-13-27-16-7-5-4-6-15(16)18(19,20)21/h4-7H,3,8-13H2,1-2H3,(H,22,23). The zero-order valence-corrected chi connectivity index (χ0v) is 15.6. The summed E-state index contributed by atoms with van der Waals surface area (Å²) in [6, 6.07) is 5.14. The van der Waals surface area contributed by atoms with E-state index in [1.54, 1.807) is 11.8 Å². The number of rotatable bonds is 5. The van der Waals surface area contributed by atoms with Gasteiger partial charge in [0.15, 0.2) is 5.96 Å². The van der Waals surface area contributed by atoms with Gasteiger partial charge in [-0.2, -0.15) is 13.2 Å².